The van der Waals surface area contributed by atoms with Crippen LogP contribution in [0.4, 0.5) is 18.9 Å². The predicted octanol–water partition coefficient (Wildman–Crippen LogP) is 5.07. The molecule has 0 spiro atoms. The molecule has 0 saturated heterocycles. The summed E-state index contributed by atoms with van der Waals surface area (Å²) >= 11 is 6.95. The molecule has 0 bridgehead atoms. The Labute approximate surface area is 127 Å². The summed E-state index contributed by atoms with van der Waals surface area (Å²) in [6.45, 7) is 0. The van der Waals surface area contributed by atoms with Crippen LogP contribution in [-0.2, 0) is 11.0 Å². The summed E-state index contributed by atoms with van der Waals surface area (Å²) in [6.07, 6.45) is -1.72. The van der Waals surface area contributed by atoms with Gasteiger partial charge in [-0.15, -0.1) is 11.3 Å². The molecule has 0 aliphatic rings. The Hall–Kier alpha value is -1.79. The normalized spacial score (nSPS) is 11.8. The first-order valence-corrected chi connectivity index (χ1v) is 7.01. The fourth-order valence-electron chi connectivity index (χ4n) is 1.55. The van der Waals surface area contributed by atoms with Gasteiger partial charge in [0.1, 0.15) is 0 Å². The SMILES string of the molecule is O=C(C=Cc1cccs1)Nc1ccc(Cl)c(C(F)(F)F)c1. The fraction of sp³-hybridized carbons (Fsp3) is 0.0714. The Kier molecular flexibility index (Phi) is 4.69. The molecule has 110 valence electrons. The molecule has 0 unspecified atom stereocenters. The Morgan fingerprint density at radius 3 is 2.67 bits per heavy atom. The Balaban J connectivity index is 2.11. The molecule has 0 radical (unpaired) electrons. The van der Waals surface area contributed by atoms with E-state index in [0.29, 0.717) is 0 Å². The van der Waals surface area contributed by atoms with E-state index in [9.17, 15) is 18.0 Å². The van der Waals surface area contributed by atoms with E-state index < -0.39 is 22.7 Å². The highest BCUT2D eigenvalue weighted by Crippen LogP contribution is 2.36. The van der Waals surface area contributed by atoms with Gasteiger partial charge in [-0.25, -0.2) is 0 Å². The molecule has 1 heterocycles. The molecule has 21 heavy (non-hydrogen) atoms. The third-order valence-electron chi connectivity index (χ3n) is 2.48. The summed E-state index contributed by atoms with van der Waals surface area (Å²) in [7, 11) is 0. The average Bonchev–Trinajstić information content (AvgIpc) is 2.90. The number of amides is 1. The van der Waals surface area contributed by atoms with E-state index in [-0.39, 0.29) is 5.69 Å². The van der Waals surface area contributed by atoms with Crippen LogP contribution in [0, 0.1) is 0 Å². The highest BCUT2D eigenvalue weighted by atomic mass is 35.5. The van der Waals surface area contributed by atoms with Crippen molar-refractivity contribution in [2.75, 3.05) is 5.32 Å². The summed E-state index contributed by atoms with van der Waals surface area (Å²) in [5.74, 6) is -0.515. The third kappa shape index (κ3) is 4.34. The van der Waals surface area contributed by atoms with Gasteiger partial charge in [-0.3, -0.25) is 4.79 Å². The van der Waals surface area contributed by atoms with Gasteiger partial charge in [-0.05, 0) is 35.7 Å². The zero-order valence-corrected chi connectivity index (χ0v) is 12.0. The average molecular weight is 332 g/mol. The number of hydrogen-bond acceptors (Lipinski definition) is 2. The van der Waals surface area contributed by atoms with Crippen LogP contribution >= 0.6 is 22.9 Å². The summed E-state index contributed by atoms with van der Waals surface area (Å²) in [4.78, 5) is 12.5. The van der Waals surface area contributed by atoms with Crippen molar-refractivity contribution in [2.24, 2.45) is 0 Å². The number of halogens is 4. The molecular formula is C14H9ClF3NOS. The lowest BCUT2D eigenvalue weighted by Gasteiger charge is -2.11. The predicted molar refractivity (Wildman–Crippen MR) is 78.4 cm³/mol. The number of anilines is 1. The smallest absolute Gasteiger partial charge is 0.322 e. The van der Waals surface area contributed by atoms with E-state index in [4.69, 9.17) is 11.6 Å². The van der Waals surface area contributed by atoms with Crippen molar-refractivity contribution in [2.45, 2.75) is 6.18 Å². The minimum Gasteiger partial charge on any atom is -0.322 e. The lowest BCUT2D eigenvalue weighted by molar-refractivity contribution is -0.137. The molecule has 0 aliphatic heterocycles. The van der Waals surface area contributed by atoms with Gasteiger partial charge in [-0.2, -0.15) is 13.2 Å². The molecule has 7 heteroatoms. The lowest BCUT2D eigenvalue weighted by atomic mass is 10.2. The van der Waals surface area contributed by atoms with E-state index in [2.05, 4.69) is 5.32 Å². The summed E-state index contributed by atoms with van der Waals surface area (Å²) in [5, 5.41) is 3.81. The molecule has 0 atom stereocenters. The highest BCUT2D eigenvalue weighted by Gasteiger charge is 2.33. The maximum absolute atomic E-state index is 12.7. The van der Waals surface area contributed by atoms with Crippen LogP contribution in [0.25, 0.3) is 6.08 Å². The van der Waals surface area contributed by atoms with E-state index in [1.807, 2.05) is 17.5 Å². The molecule has 1 amide bonds. The number of hydrogen-bond donors (Lipinski definition) is 1. The van der Waals surface area contributed by atoms with Crippen molar-refractivity contribution < 1.29 is 18.0 Å². The number of carbonyl (C=O) groups is 1. The van der Waals surface area contributed by atoms with Crippen molar-refractivity contribution in [3.8, 4) is 0 Å². The van der Waals surface area contributed by atoms with Gasteiger partial charge >= 0.3 is 6.18 Å². The summed E-state index contributed by atoms with van der Waals surface area (Å²) < 4.78 is 38.1. The zero-order valence-electron chi connectivity index (χ0n) is 10.4. The van der Waals surface area contributed by atoms with Crippen LogP contribution in [-0.4, -0.2) is 5.91 Å². The van der Waals surface area contributed by atoms with Crippen molar-refractivity contribution in [1.29, 1.82) is 0 Å². The largest absolute Gasteiger partial charge is 0.417 e. The van der Waals surface area contributed by atoms with Crippen LogP contribution in [0.15, 0.2) is 41.8 Å². The summed E-state index contributed by atoms with van der Waals surface area (Å²) in [5.41, 5.74) is -0.947. The standard InChI is InChI=1S/C14H9ClF3NOS/c15-12-5-3-9(8-11(12)14(16,17)18)19-13(20)6-4-10-2-1-7-21-10/h1-8H,(H,19,20). The van der Waals surface area contributed by atoms with Gasteiger partial charge in [-0.1, -0.05) is 17.7 Å². The Morgan fingerprint density at radius 1 is 1.29 bits per heavy atom. The van der Waals surface area contributed by atoms with Crippen LogP contribution in [0.3, 0.4) is 0 Å². The van der Waals surface area contributed by atoms with Gasteiger partial charge in [0.05, 0.1) is 10.6 Å². The van der Waals surface area contributed by atoms with Crippen LogP contribution < -0.4 is 5.32 Å². The first kappa shape index (κ1) is 15.6. The number of carbonyl (C=O) groups excluding carboxylic acids is 1. The van der Waals surface area contributed by atoms with Crippen molar-refractivity contribution in [1.82, 2.24) is 0 Å². The molecular weight excluding hydrogens is 323 g/mol. The van der Waals surface area contributed by atoms with E-state index >= 15 is 0 Å². The first-order valence-electron chi connectivity index (χ1n) is 5.75. The highest BCUT2D eigenvalue weighted by molar-refractivity contribution is 7.10. The number of nitrogens with one attached hydrogen (secondary N) is 1. The van der Waals surface area contributed by atoms with Crippen molar-refractivity contribution >= 4 is 40.6 Å². The van der Waals surface area contributed by atoms with E-state index in [1.54, 1.807) is 6.08 Å². The summed E-state index contributed by atoms with van der Waals surface area (Å²) in [6, 6.07) is 6.87. The van der Waals surface area contributed by atoms with Crippen LogP contribution in [0.1, 0.15) is 10.4 Å². The fourth-order valence-corrected chi connectivity index (χ4v) is 2.39. The molecule has 0 saturated carbocycles. The van der Waals surface area contributed by atoms with Gasteiger partial charge in [0, 0.05) is 16.6 Å². The maximum atomic E-state index is 12.7. The molecule has 1 N–H and O–H groups in total. The number of benzene rings is 1. The number of alkyl halides is 3. The molecule has 0 fully saturated rings. The molecule has 2 rings (SSSR count). The molecule has 1 aromatic heterocycles. The Bertz CT molecular complexity index is 665. The van der Waals surface area contributed by atoms with E-state index in [0.717, 1.165) is 17.0 Å². The molecule has 2 aromatic rings. The minimum atomic E-state index is -4.56. The second kappa shape index (κ2) is 6.32. The Morgan fingerprint density at radius 2 is 2.05 bits per heavy atom. The molecule has 1 aromatic carbocycles. The first-order chi connectivity index (χ1) is 9.86. The van der Waals surface area contributed by atoms with Crippen molar-refractivity contribution in [3.05, 3.63) is 57.3 Å². The van der Waals surface area contributed by atoms with Gasteiger partial charge in [0.15, 0.2) is 0 Å². The second-order valence-electron chi connectivity index (χ2n) is 4.03. The topological polar surface area (TPSA) is 29.1 Å². The van der Waals surface area contributed by atoms with E-state index in [1.165, 1.54) is 23.5 Å². The van der Waals surface area contributed by atoms with Crippen LogP contribution in [0.2, 0.25) is 5.02 Å². The van der Waals surface area contributed by atoms with Gasteiger partial charge < -0.3 is 5.32 Å². The second-order valence-corrected chi connectivity index (χ2v) is 5.42. The van der Waals surface area contributed by atoms with Crippen molar-refractivity contribution in [3.63, 3.8) is 0 Å². The number of rotatable bonds is 3. The minimum absolute atomic E-state index is 0.0348. The quantitative estimate of drug-likeness (QED) is 0.781. The zero-order chi connectivity index (χ0) is 15.5. The number of thiophene rings is 1. The van der Waals surface area contributed by atoms with Gasteiger partial charge in [0.25, 0.3) is 0 Å². The van der Waals surface area contributed by atoms with Crippen LogP contribution in [0.5, 0.6) is 0 Å². The molecule has 2 nitrogen and oxygen atoms in total. The van der Waals surface area contributed by atoms with Gasteiger partial charge in [0.2, 0.25) is 5.91 Å². The maximum Gasteiger partial charge on any atom is 0.417 e. The monoisotopic (exact) mass is 331 g/mol. The lowest BCUT2D eigenvalue weighted by Crippen LogP contribution is -2.10. The molecule has 0 aliphatic carbocycles. The third-order valence-corrected chi connectivity index (χ3v) is 3.65.